The maximum absolute atomic E-state index is 12.6. The second-order valence-corrected chi connectivity index (χ2v) is 8.27. The van der Waals surface area contributed by atoms with Crippen molar-refractivity contribution >= 4 is 34.3 Å². The van der Waals surface area contributed by atoms with Crippen molar-refractivity contribution in [3.8, 4) is 11.5 Å². The third kappa shape index (κ3) is 3.77. The van der Waals surface area contributed by atoms with Crippen molar-refractivity contribution in [1.29, 1.82) is 0 Å². The Morgan fingerprint density at radius 3 is 2.79 bits per heavy atom. The molecule has 1 aromatic heterocycles. The highest BCUT2D eigenvalue weighted by Gasteiger charge is 2.19. The van der Waals surface area contributed by atoms with E-state index in [9.17, 15) is 4.79 Å². The molecule has 2 heterocycles. The van der Waals surface area contributed by atoms with E-state index in [0.717, 1.165) is 35.2 Å². The molecule has 0 radical (unpaired) electrons. The second kappa shape index (κ2) is 7.95. The summed E-state index contributed by atoms with van der Waals surface area (Å²) in [6, 6.07) is 13.7. The van der Waals surface area contributed by atoms with E-state index in [1.54, 1.807) is 11.8 Å². The van der Waals surface area contributed by atoms with Crippen LogP contribution in [0.25, 0.3) is 10.9 Å². The fourth-order valence-corrected chi connectivity index (χ4v) is 5.02. The highest BCUT2D eigenvalue weighted by Crippen LogP contribution is 2.36. The van der Waals surface area contributed by atoms with E-state index >= 15 is 0 Å². The van der Waals surface area contributed by atoms with Gasteiger partial charge in [-0.25, -0.2) is 0 Å². The van der Waals surface area contributed by atoms with Gasteiger partial charge in [0.2, 0.25) is 5.91 Å². The molecule has 5 rings (SSSR count). The summed E-state index contributed by atoms with van der Waals surface area (Å²) in [4.78, 5) is 18.7. The molecule has 1 aliphatic carbocycles. The topological polar surface area (TPSA) is 60.5 Å². The van der Waals surface area contributed by atoms with Gasteiger partial charge < -0.3 is 14.8 Å². The number of rotatable bonds is 4. The number of anilines is 1. The predicted octanol–water partition coefficient (Wildman–Crippen LogP) is 4.62. The SMILES string of the molecule is O=C(CSc1c2c(nc3ccccc13)CCCC2)Nc1ccc2c(c1)OCCO2. The quantitative estimate of drug-likeness (QED) is 0.641. The van der Waals surface area contributed by atoms with E-state index in [0.29, 0.717) is 24.7 Å². The Hall–Kier alpha value is -2.73. The average molecular weight is 407 g/mol. The van der Waals surface area contributed by atoms with Gasteiger partial charge in [0.25, 0.3) is 0 Å². The fraction of sp³-hybridized carbons (Fsp3) is 0.304. The van der Waals surface area contributed by atoms with Gasteiger partial charge in [0.1, 0.15) is 13.2 Å². The number of thioether (sulfide) groups is 1. The number of ether oxygens (including phenoxy) is 2. The molecule has 3 aromatic rings. The van der Waals surface area contributed by atoms with Crippen molar-refractivity contribution in [2.45, 2.75) is 30.6 Å². The molecule has 0 unspecified atom stereocenters. The van der Waals surface area contributed by atoms with Gasteiger partial charge in [-0.05, 0) is 49.4 Å². The number of amides is 1. The standard InChI is InChI=1S/C23H22N2O3S/c26-22(24-15-9-10-20-21(13-15)28-12-11-27-20)14-29-23-16-5-1-3-7-18(16)25-19-8-4-2-6-17(19)23/h1,3,5,7,9-10,13H,2,4,6,8,11-12,14H2,(H,24,26). The number of nitrogens with zero attached hydrogens (tertiary/aromatic N) is 1. The van der Waals surface area contributed by atoms with Crippen molar-refractivity contribution < 1.29 is 14.3 Å². The molecule has 1 N–H and O–H groups in total. The highest BCUT2D eigenvalue weighted by atomic mass is 32.2. The van der Waals surface area contributed by atoms with Crippen LogP contribution in [-0.4, -0.2) is 29.9 Å². The number of hydrogen-bond acceptors (Lipinski definition) is 5. The summed E-state index contributed by atoms with van der Waals surface area (Å²) >= 11 is 1.61. The molecular formula is C23H22N2O3S. The van der Waals surface area contributed by atoms with Crippen LogP contribution in [0.4, 0.5) is 5.69 Å². The van der Waals surface area contributed by atoms with Crippen LogP contribution in [-0.2, 0) is 17.6 Å². The van der Waals surface area contributed by atoms with E-state index in [2.05, 4.69) is 17.4 Å². The van der Waals surface area contributed by atoms with Crippen molar-refractivity contribution in [3.05, 3.63) is 53.7 Å². The number of pyridine rings is 1. The maximum atomic E-state index is 12.6. The van der Waals surface area contributed by atoms with Gasteiger partial charge in [-0.3, -0.25) is 9.78 Å². The van der Waals surface area contributed by atoms with Gasteiger partial charge in [0, 0.05) is 27.7 Å². The number of carbonyl (C=O) groups excluding carboxylic acids is 1. The van der Waals surface area contributed by atoms with Gasteiger partial charge in [-0.2, -0.15) is 0 Å². The minimum absolute atomic E-state index is 0.0304. The van der Waals surface area contributed by atoms with E-state index in [4.69, 9.17) is 14.5 Å². The van der Waals surface area contributed by atoms with E-state index in [1.165, 1.54) is 29.0 Å². The Bertz CT molecular complexity index is 1080. The lowest BCUT2D eigenvalue weighted by Crippen LogP contribution is -2.17. The van der Waals surface area contributed by atoms with Gasteiger partial charge >= 0.3 is 0 Å². The third-order valence-electron chi connectivity index (χ3n) is 5.29. The Balaban J connectivity index is 1.35. The molecule has 1 aliphatic heterocycles. The molecule has 0 atom stereocenters. The third-order valence-corrected chi connectivity index (χ3v) is 6.45. The molecule has 148 valence electrons. The molecule has 29 heavy (non-hydrogen) atoms. The molecule has 6 heteroatoms. The number of nitrogens with one attached hydrogen (secondary N) is 1. The van der Waals surface area contributed by atoms with Crippen molar-refractivity contribution in [3.63, 3.8) is 0 Å². The zero-order valence-corrected chi connectivity index (χ0v) is 16.9. The summed E-state index contributed by atoms with van der Waals surface area (Å²) in [5, 5.41) is 4.12. The monoisotopic (exact) mass is 406 g/mol. The Morgan fingerprint density at radius 2 is 1.86 bits per heavy atom. The van der Waals surface area contributed by atoms with Gasteiger partial charge in [-0.1, -0.05) is 18.2 Å². The summed E-state index contributed by atoms with van der Waals surface area (Å²) in [6.07, 6.45) is 4.44. The number of fused-ring (bicyclic) bond motifs is 3. The van der Waals surface area contributed by atoms with Crippen LogP contribution < -0.4 is 14.8 Å². The van der Waals surface area contributed by atoms with E-state index < -0.39 is 0 Å². The van der Waals surface area contributed by atoms with Crippen LogP contribution in [0.1, 0.15) is 24.1 Å². The van der Waals surface area contributed by atoms with E-state index in [-0.39, 0.29) is 5.91 Å². The Morgan fingerprint density at radius 1 is 1.03 bits per heavy atom. The summed E-state index contributed by atoms with van der Waals surface area (Å²) in [5.74, 6) is 1.72. The number of benzene rings is 2. The lowest BCUT2D eigenvalue weighted by molar-refractivity contribution is -0.113. The molecule has 1 amide bonds. The summed E-state index contributed by atoms with van der Waals surface area (Å²) < 4.78 is 11.1. The molecule has 0 saturated carbocycles. The van der Waals surface area contributed by atoms with Crippen LogP contribution in [0.3, 0.4) is 0 Å². The summed E-state index contributed by atoms with van der Waals surface area (Å²) in [7, 11) is 0. The smallest absolute Gasteiger partial charge is 0.234 e. The minimum Gasteiger partial charge on any atom is -0.486 e. The molecule has 2 aliphatic rings. The largest absolute Gasteiger partial charge is 0.486 e. The zero-order chi connectivity index (χ0) is 19.6. The molecule has 0 fully saturated rings. The molecule has 5 nitrogen and oxygen atoms in total. The number of aryl methyl sites for hydroxylation is 1. The second-order valence-electron chi connectivity index (χ2n) is 7.29. The van der Waals surface area contributed by atoms with Crippen LogP contribution >= 0.6 is 11.8 Å². The normalized spacial score (nSPS) is 15.0. The average Bonchev–Trinajstić information content (AvgIpc) is 2.76. The van der Waals surface area contributed by atoms with Crippen LogP contribution in [0.2, 0.25) is 0 Å². The van der Waals surface area contributed by atoms with Crippen molar-refractivity contribution in [1.82, 2.24) is 4.98 Å². The highest BCUT2D eigenvalue weighted by molar-refractivity contribution is 8.00. The van der Waals surface area contributed by atoms with Gasteiger partial charge in [0.15, 0.2) is 11.5 Å². The minimum atomic E-state index is -0.0304. The van der Waals surface area contributed by atoms with Crippen LogP contribution in [0, 0.1) is 0 Å². The van der Waals surface area contributed by atoms with Gasteiger partial charge in [-0.15, -0.1) is 11.8 Å². The number of para-hydroxylation sites is 1. The lowest BCUT2D eigenvalue weighted by atomic mass is 9.94. The number of aromatic nitrogens is 1. The Labute approximate surface area is 173 Å². The molecule has 0 bridgehead atoms. The molecular weight excluding hydrogens is 384 g/mol. The van der Waals surface area contributed by atoms with Crippen LogP contribution in [0.15, 0.2) is 47.4 Å². The Kier molecular flexibility index (Phi) is 5.02. The molecule has 2 aromatic carbocycles. The van der Waals surface area contributed by atoms with Crippen molar-refractivity contribution in [2.24, 2.45) is 0 Å². The number of hydrogen-bond donors (Lipinski definition) is 1. The summed E-state index contributed by atoms with van der Waals surface area (Å²) in [5.41, 5.74) is 4.26. The molecule has 0 saturated heterocycles. The first-order valence-electron chi connectivity index (χ1n) is 10.0. The van der Waals surface area contributed by atoms with E-state index in [1.807, 2.05) is 30.3 Å². The molecule has 0 spiro atoms. The zero-order valence-electron chi connectivity index (χ0n) is 16.1. The predicted molar refractivity (Wildman–Crippen MR) is 115 cm³/mol. The summed E-state index contributed by atoms with van der Waals surface area (Å²) in [6.45, 7) is 1.08. The van der Waals surface area contributed by atoms with Gasteiger partial charge in [0.05, 0.1) is 11.3 Å². The van der Waals surface area contributed by atoms with Crippen molar-refractivity contribution in [2.75, 3.05) is 24.3 Å². The lowest BCUT2D eigenvalue weighted by Gasteiger charge is -2.20. The first-order valence-corrected chi connectivity index (χ1v) is 11.0. The maximum Gasteiger partial charge on any atom is 0.234 e. The first kappa shape index (κ1) is 18.3. The van der Waals surface area contributed by atoms with Crippen LogP contribution in [0.5, 0.6) is 11.5 Å². The fourth-order valence-electron chi connectivity index (χ4n) is 3.95. The number of carbonyl (C=O) groups is 1. The first-order chi connectivity index (χ1) is 14.3.